The normalized spacial score (nSPS) is 12.5. The number of nitrogens with zero attached hydrogens (tertiary/aromatic N) is 2. The van der Waals surface area contributed by atoms with Crippen LogP contribution in [0.4, 0.5) is 19.0 Å². The number of hydrogen-bond donors (Lipinski definition) is 2. The number of hydrogen-bond acceptors (Lipinski definition) is 6. The van der Waals surface area contributed by atoms with E-state index in [1.165, 1.54) is 19.2 Å². The summed E-state index contributed by atoms with van der Waals surface area (Å²) in [5, 5.41) is 6.16. The summed E-state index contributed by atoms with van der Waals surface area (Å²) in [7, 11) is 1.29. The third-order valence-corrected chi connectivity index (χ3v) is 4.95. The van der Waals surface area contributed by atoms with E-state index in [4.69, 9.17) is 4.74 Å². The molecule has 0 aliphatic rings. The third-order valence-electron chi connectivity index (χ3n) is 4.95. The summed E-state index contributed by atoms with van der Waals surface area (Å²) in [5.41, 5.74) is -0.973. The molecule has 0 saturated carbocycles. The van der Waals surface area contributed by atoms with Gasteiger partial charge in [0.25, 0.3) is 5.91 Å². The van der Waals surface area contributed by atoms with Crippen molar-refractivity contribution in [3.63, 3.8) is 0 Å². The number of para-hydroxylation sites is 1. The second kappa shape index (κ2) is 9.85. The molecule has 0 aliphatic carbocycles. The molecule has 0 saturated heterocycles. The van der Waals surface area contributed by atoms with Gasteiger partial charge in [-0.1, -0.05) is 38.1 Å². The number of halogens is 3. The van der Waals surface area contributed by atoms with E-state index in [1.54, 1.807) is 24.3 Å². The van der Waals surface area contributed by atoms with E-state index in [1.807, 2.05) is 13.8 Å². The van der Waals surface area contributed by atoms with Crippen molar-refractivity contribution in [1.29, 1.82) is 0 Å². The lowest BCUT2D eigenvalue weighted by Crippen LogP contribution is -2.36. The van der Waals surface area contributed by atoms with Gasteiger partial charge in [-0.25, -0.2) is 14.8 Å². The Bertz CT molecular complexity index is 1170. The molecule has 2 aromatic carbocycles. The Hall–Kier alpha value is -3.69. The molecule has 174 valence electrons. The minimum Gasteiger partial charge on any atom is -0.467 e. The minimum atomic E-state index is -4.66. The Balaban J connectivity index is 1.89. The molecule has 0 fully saturated rings. The lowest BCUT2D eigenvalue weighted by Gasteiger charge is -2.21. The molecule has 1 heterocycles. The number of rotatable bonds is 7. The lowest BCUT2D eigenvalue weighted by atomic mass is 10.0. The van der Waals surface area contributed by atoms with Crippen LogP contribution in [0.1, 0.15) is 35.6 Å². The smallest absolute Gasteiger partial charge is 0.417 e. The number of benzene rings is 2. The van der Waals surface area contributed by atoms with Gasteiger partial charge >= 0.3 is 12.1 Å². The molecule has 0 aliphatic heterocycles. The molecule has 33 heavy (non-hydrogen) atoms. The Morgan fingerprint density at radius 3 is 2.36 bits per heavy atom. The molecule has 0 radical (unpaired) electrons. The standard InChI is InChI=1S/C23H23F3N4O3/c1-13(2)19(22(32)33-3)30-20-15-9-5-7-11-17(15)28-18(29-20)12-27-21(31)14-8-4-6-10-16(14)23(24,25)26/h4-11,13,19H,12H2,1-3H3,(H,27,31)(H,28,29,30). The lowest BCUT2D eigenvalue weighted by molar-refractivity contribution is -0.142. The highest BCUT2D eigenvalue weighted by Crippen LogP contribution is 2.31. The van der Waals surface area contributed by atoms with Crippen molar-refractivity contribution in [1.82, 2.24) is 15.3 Å². The van der Waals surface area contributed by atoms with Gasteiger partial charge in [-0.3, -0.25) is 4.79 Å². The van der Waals surface area contributed by atoms with Crippen LogP contribution in [0.15, 0.2) is 48.5 Å². The van der Waals surface area contributed by atoms with E-state index in [0.717, 1.165) is 12.1 Å². The molecule has 1 amide bonds. The van der Waals surface area contributed by atoms with Crippen LogP contribution < -0.4 is 10.6 Å². The van der Waals surface area contributed by atoms with Crippen LogP contribution in [0.2, 0.25) is 0 Å². The predicted octanol–water partition coefficient (Wildman–Crippen LogP) is 4.19. The molecule has 3 rings (SSSR count). The van der Waals surface area contributed by atoms with E-state index < -0.39 is 35.2 Å². The maximum Gasteiger partial charge on any atom is 0.417 e. The number of carbonyl (C=O) groups excluding carboxylic acids is 2. The summed E-state index contributed by atoms with van der Waals surface area (Å²) in [6.07, 6.45) is -4.66. The number of aromatic nitrogens is 2. The zero-order valence-corrected chi connectivity index (χ0v) is 18.2. The van der Waals surface area contributed by atoms with Crippen LogP contribution >= 0.6 is 0 Å². The number of methoxy groups -OCH3 is 1. The maximum atomic E-state index is 13.2. The van der Waals surface area contributed by atoms with Crippen LogP contribution in [0.3, 0.4) is 0 Å². The van der Waals surface area contributed by atoms with Crippen LogP contribution in [0.5, 0.6) is 0 Å². The van der Waals surface area contributed by atoms with E-state index in [9.17, 15) is 22.8 Å². The van der Waals surface area contributed by atoms with E-state index >= 15 is 0 Å². The van der Waals surface area contributed by atoms with Crippen LogP contribution in [-0.2, 0) is 22.3 Å². The second-order valence-electron chi connectivity index (χ2n) is 7.62. The van der Waals surface area contributed by atoms with Gasteiger partial charge in [0.1, 0.15) is 11.9 Å². The molecule has 1 unspecified atom stereocenters. The SMILES string of the molecule is COC(=O)C(Nc1nc(CNC(=O)c2ccccc2C(F)(F)F)nc2ccccc12)C(C)C. The van der Waals surface area contributed by atoms with Gasteiger partial charge in [0.15, 0.2) is 5.82 Å². The van der Waals surface area contributed by atoms with Crippen molar-refractivity contribution in [2.75, 3.05) is 12.4 Å². The van der Waals surface area contributed by atoms with Gasteiger partial charge < -0.3 is 15.4 Å². The highest BCUT2D eigenvalue weighted by atomic mass is 19.4. The van der Waals surface area contributed by atoms with Gasteiger partial charge in [0.05, 0.1) is 30.3 Å². The maximum absolute atomic E-state index is 13.2. The summed E-state index contributed by atoms with van der Waals surface area (Å²) in [4.78, 5) is 33.5. The minimum absolute atomic E-state index is 0.117. The monoisotopic (exact) mass is 460 g/mol. The van der Waals surface area contributed by atoms with Crippen molar-refractivity contribution in [2.45, 2.75) is 32.6 Å². The van der Waals surface area contributed by atoms with Crippen LogP contribution in [0.25, 0.3) is 10.9 Å². The number of esters is 1. The van der Waals surface area contributed by atoms with E-state index in [2.05, 4.69) is 20.6 Å². The fraction of sp³-hybridized carbons (Fsp3) is 0.304. The zero-order valence-electron chi connectivity index (χ0n) is 18.2. The molecule has 3 aromatic rings. The Labute approximate surface area is 188 Å². The Kier molecular flexibility index (Phi) is 7.15. The van der Waals surface area contributed by atoms with Crippen molar-refractivity contribution in [2.24, 2.45) is 5.92 Å². The summed E-state index contributed by atoms with van der Waals surface area (Å²) in [6, 6.07) is 10.9. The van der Waals surface area contributed by atoms with Gasteiger partial charge in [0.2, 0.25) is 0 Å². The molecular weight excluding hydrogens is 437 g/mol. The second-order valence-corrected chi connectivity index (χ2v) is 7.62. The van der Waals surface area contributed by atoms with Crippen molar-refractivity contribution in [3.8, 4) is 0 Å². The molecule has 2 N–H and O–H groups in total. The van der Waals surface area contributed by atoms with E-state index in [0.29, 0.717) is 16.7 Å². The average molecular weight is 460 g/mol. The van der Waals surface area contributed by atoms with Crippen LogP contribution in [0, 0.1) is 5.92 Å². The number of fused-ring (bicyclic) bond motifs is 1. The van der Waals surface area contributed by atoms with E-state index in [-0.39, 0.29) is 18.3 Å². The van der Waals surface area contributed by atoms with Gasteiger partial charge in [-0.2, -0.15) is 13.2 Å². The number of alkyl halides is 3. The first kappa shape index (κ1) is 24.0. The summed E-state index contributed by atoms with van der Waals surface area (Å²) < 4.78 is 44.6. The number of anilines is 1. The zero-order chi connectivity index (χ0) is 24.2. The fourth-order valence-corrected chi connectivity index (χ4v) is 3.27. The molecule has 0 spiro atoms. The molecule has 1 atom stereocenters. The highest BCUT2D eigenvalue weighted by Gasteiger charge is 2.34. The first-order chi connectivity index (χ1) is 15.6. The van der Waals surface area contributed by atoms with Crippen molar-refractivity contribution < 1.29 is 27.5 Å². The Morgan fingerprint density at radius 1 is 1.03 bits per heavy atom. The van der Waals surface area contributed by atoms with Gasteiger partial charge in [-0.15, -0.1) is 0 Å². The highest BCUT2D eigenvalue weighted by molar-refractivity contribution is 5.96. The average Bonchev–Trinajstić information content (AvgIpc) is 2.79. The van der Waals surface area contributed by atoms with Crippen molar-refractivity contribution >= 4 is 28.6 Å². The van der Waals surface area contributed by atoms with Gasteiger partial charge in [0, 0.05) is 5.39 Å². The molecule has 10 heteroatoms. The Morgan fingerprint density at radius 2 is 1.70 bits per heavy atom. The number of carbonyl (C=O) groups is 2. The fourth-order valence-electron chi connectivity index (χ4n) is 3.27. The summed E-state index contributed by atoms with van der Waals surface area (Å²) in [5.74, 6) is -0.964. The van der Waals surface area contributed by atoms with Crippen LogP contribution in [-0.4, -0.2) is 35.0 Å². The molecule has 1 aromatic heterocycles. The molecule has 0 bridgehead atoms. The third kappa shape index (κ3) is 5.57. The molecule has 7 nitrogen and oxygen atoms in total. The number of ether oxygens (including phenoxy) is 1. The largest absolute Gasteiger partial charge is 0.467 e. The predicted molar refractivity (Wildman–Crippen MR) is 116 cm³/mol. The first-order valence-electron chi connectivity index (χ1n) is 10.2. The molecular formula is C23H23F3N4O3. The summed E-state index contributed by atoms with van der Waals surface area (Å²) >= 11 is 0. The first-order valence-corrected chi connectivity index (χ1v) is 10.2. The number of nitrogens with one attached hydrogen (secondary N) is 2. The topological polar surface area (TPSA) is 93.2 Å². The van der Waals surface area contributed by atoms with Gasteiger partial charge in [-0.05, 0) is 30.2 Å². The van der Waals surface area contributed by atoms with Crippen molar-refractivity contribution in [3.05, 3.63) is 65.5 Å². The quantitative estimate of drug-likeness (QED) is 0.514. The summed E-state index contributed by atoms with van der Waals surface area (Å²) in [6.45, 7) is 3.48. The number of amides is 1.